The molecule has 15 heavy (non-hydrogen) atoms. The van der Waals surface area contributed by atoms with Crippen LogP contribution in [0.1, 0.15) is 37.1 Å². The molecule has 0 bridgehead atoms. The minimum atomic E-state index is 0.376. The van der Waals surface area contributed by atoms with Gasteiger partial charge < -0.3 is 4.74 Å². The molecule has 0 unspecified atom stereocenters. The zero-order chi connectivity index (χ0) is 11.3. The fraction of sp³-hybridized carbons (Fsp3) is 0.545. The molecule has 0 aliphatic rings. The number of aromatic nitrogens is 2. The van der Waals surface area contributed by atoms with Crippen LogP contribution in [0.3, 0.4) is 0 Å². The van der Waals surface area contributed by atoms with Crippen LogP contribution in [0.15, 0.2) is 6.07 Å². The fourth-order valence-corrected chi connectivity index (χ4v) is 1.04. The monoisotopic (exact) mass is 208 g/mol. The van der Waals surface area contributed by atoms with Gasteiger partial charge >= 0.3 is 0 Å². The number of hydrogen-bond acceptors (Lipinski definition) is 4. The SMILES string of the molecule is CCc1nc(C=O)cc(OCC(C)C)n1. The maximum atomic E-state index is 10.6. The molecule has 82 valence electrons. The Morgan fingerprint density at radius 3 is 2.73 bits per heavy atom. The molecule has 4 heteroatoms. The van der Waals surface area contributed by atoms with E-state index in [4.69, 9.17) is 4.74 Å². The topological polar surface area (TPSA) is 52.1 Å². The molecule has 0 N–H and O–H groups in total. The minimum absolute atomic E-state index is 0.376. The lowest BCUT2D eigenvalue weighted by Crippen LogP contribution is -2.08. The summed E-state index contributed by atoms with van der Waals surface area (Å²) in [6.45, 7) is 6.65. The van der Waals surface area contributed by atoms with Gasteiger partial charge in [0.15, 0.2) is 6.29 Å². The summed E-state index contributed by atoms with van der Waals surface area (Å²) >= 11 is 0. The second kappa shape index (κ2) is 5.44. The largest absolute Gasteiger partial charge is 0.477 e. The summed E-state index contributed by atoms with van der Waals surface area (Å²) in [6, 6.07) is 1.56. The average Bonchev–Trinajstić information content (AvgIpc) is 2.25. The van der Waals surface area contributed by atoms with Crippen LogP contribution in [0.25, 0.3) is 0 Å². The van der Waals surface area contributed by atoms with E-state index in [1.165, 1.54) is 0 Å². The zero-order valence-corrected chi connectivity index (χ0v) is 9.36. The third-order valence-electron chi connectivity index (χ3n) is 1.77. The Labute approximate surface area is 89.7 Å². The molecule has 0 saturated heterocycles. The number of aldehydes is 1. The first kappa shape index (κ1) is 11.6. The first-order valence-electron chi connectivity index (χ1n) is 5.11. The van der Waals surface area contributed by atoms with Gasteiger partial charge in [-0.2, -0.15) is 4.98 Å². The van der Waals surface area contributed by atoms with E-state index in [0.29, 0.717) is 42.6 Å². The standard InChI is InChI=1S/C11H16N2O2/c1-4-10-12-9(6-14)5-11(13-10)15-7-8(2)3/h5-6,8H,4,7H2,1-3H3. The maximum absolute atomic E-state index is 10.6. The van der Waals surface area contributed by atoms with Gasteiger partial charge in [-0.3, -0.25) is 4.79 Å². The van der Waals surface area contributed by atoms with E-state index < -0.39 is 0 Å². The highest BCUT2D eigenvalue weighted by atomic mass is 16.5. The van der Waals surface area contributed by atoms with E-state index in [-0.39, 0.29) is 0 Å². The number of rotatable bonds is 5. The van der Waals surface area contributed by atoms with Crippen molar-refractivity contribution in [3.63, 3.8) is 0 Å². The summed E-state index contributed by atoms with van der Waals surface area (Å²) in [4.78, 5) is 18.8. The number of nitrogens with zero attached hydrogens (tertiary/aromatic N) is 2. The van der Waals surface area contributed by atoms with Crippen LogP contribution in [0.5, 0.6) is 5.88 Å². The van der Waals surface area contributed by atoms with Crippen LogP contribution >= 0.6 is 0 Å². The molecule has 0 radical (unpaired) electrons. The van der Waals surface area contributed by atoms with Crippen molar-refractivity contribution in [2.75, 3.05) is 6.61 Å². The molecular weight excluding hydrogens is 192 g/mol. The molecular formula is C11H16N2O2. The molecule has 0 aliphatic heterocycles. The summed E-state index contributed by atoms with van der Waals surface area (Å²) in [6.07, 6.45) is 1.41. The van der Waals surface area contributed by atoms with Crippen molar-refractivity contribution in [2.24, 2.45) is 5.92 Å². The molecule has 0 fully saturated rings. The Hall–Kier alpha value is -1.45. The van der Waals surface area contributed by atoms with Crippen molar-refractivity contribution in [2.45, 2.75) is 27.2 Å². The normalized spacial score (nSPS) is 10.4. The van der Waals surface area contributed by atoms with Gasteiger partial charge in [0.1, 0.15) is 11.5 Å². The van der Waals surface area contributed by atoms with Crippen molar-refractivity contribution in [3.8, 4) is 5.88 Å². The smallest absolute Gasteiger partial charge is 0.217 e. The average molecular weight is 208 g/mol. The molecule has 1 rings (SSSR count). The van der Waals surface area contributed by atoms with Gasteiger partial charge in [0.2, 0.25) is 5.88 Å². The van der Waals surface area contributed by atoms with E-state index in [2.05, 4.69) is 23.8 Å². The first-order chi connectivity index (χ1) is 7.15. The van der Waals surface area contributed by atoms with E-state index >= 15 is 0 Å². The molecule has 0 saturated carbocycles. The summed E-state index contributed by atoms with van der Waals surface area (Å²) in [5, 5.41) is 0. The molecule has 0 amide bonds. The fourth-order valence-electron chi connectivity index (χ4n) is 1.04. The van der Waals surface area contributed by atoms with Crippen LogP contribution in [0.4, 0.5) is 0 Å². The molecule has 4 nitrogen and oxygen atoms in total. The molecule has 0 spiro atoms. The van der Waals surface area contributed by atoms with Gasteiger partial charge in [0.05, 0.1) is 6.61 Å². The number of aryl methyl sites for hydroxylation is 1. The molecule has 1 aromatic rings. The zero-order valence-electron chi connectivity index (χ0n) is 9.36. The summed E-state index contributed by atoms with van der Waals surface area (Å²) in [7, 11) is 0. The lowest BCUT2D eigenvalue weighted by atomic mass is 10.2. The van der Waals surface area contributed by atoms with E-state index in [1.54, 1.807) is 6.07 Å². The van der Waals surface area contributed by atoms with Crippen LogP contribution in [0.2, 0.25) is 0 Å². The van der Waals surface area contributed by atoms with Crippen molar-refractivity contribution >= 4 is 6.29 Å². The van der Waals surface area contributed by atoms with Gasteiger partial charge in [0, 0.05) is 12.5 Å². The van der Waals surface area contributed by atoms with Crippen LogP contribution in [0, 0.1) is 5.92 Å². The van der Waals surface area contributed by atoms with Crippen LogP contribution in [-0.4, -0.2) is 22.9 Å². The Kier molecular flexibility index (Phi) is 4.21. The van der Waals surface area contributed by atoms with E-state index in [0.717, 1.165) is 0 Å². The van der Waals surface area contributed by atoms with Gasteiger partial charge in [-0.1, -0.05) is 20.8 Å². The number of ether oxygens (including phenoxy) is 1. The molecule has 1 aromatic heterocycles. The van der Waals surface area contributed by atoms with Crippen LogP contribution in [-0.2, 0) is 6.42 Å². The highest BCUT2D eigenvalue weighted by Gasteiger charge is 2.04. The van der Waals surface area contributed by atoms with E-state index in [9.17, 15) is 4.79 Å². The Morgan fingerprint density at radius 2 is 2.20 bits per heavy atom. The lowest BCUT2D eigenvalue weighted by molar-refractivity contribution is 0.111. The number of carbonyl (C=O) groups is 1. The van der Waals surface area contributed by atoms with Gasteiger partial charge in [-0.05, 0) is 5.92 Å². The Bertz CT molecular complexity index is 337. The highest BCUT2D eigenvalue weighted by Crippen LogP contribution is 2.10. The molecule has 1 heterocycles. The lowest BCUT2D eigenvalue weighted by Gasteiger charge is -2.08. The van der Waals surface area contributed by atoms with Crippen molar-refractivity contribution < 1.29 is 9.53 Å². The second-order valence-electron chi connectivity index (χ2n) is 3.72. The van der Waals surface area contributed by atoms with Crippen molar-refractivity contribution in [1.82, 2.24) is 9.97 Å². The number of carbonyl (C=O) groups excluding carboxylic acids is 1. The third-order valence-corrected chi connectivity index (χ3v) is 1.77. The number of hydrogen-bond donors (Lipinski definition) is 0. The summed E-state index contributed by atoms with van der Waals surface area (Å²) in [5.74, 6) is 1.56. The minimum Gasteiger partial charge on any atom is -0.477 e. The van der Waals surface area contributed by atoms with Crippen molar-refractivity contribution in [1.29, 1.82) is 0 Å². The predicted octanol–water partition coefficient (Wildman–Crippen LogP) is 1.89. The Morgan fingerprint density at radius 1 is 1.47 bits per heavy atom. The first-order valence-corrected chi connectivity index (χ1v) is 5.11. The third kappa shape index (κ3) is 3.65. The van der Waals surface area contributed by atoms with Gasteiger partial charge in [-0.25, -0.2) is 4.98 Å². The summed E-state index contributed by atoms with van der Waals surface area (Å²) in [5.41, 5.74) is 0.376. The highest BCUT2D eigenvalue weighted by molar-refractivity contribution is 5.72. The quantitative estimate of drug-likeness (QED) is 0.693. The molecule has 0 aliphatic carbocycles. The Balaban J connectivity index is 2.82. The van der Waals surface area contributed by atoms with E-state index in [1.807, 2.05) is 6.92 Å². The molecule has 0 atom stereocenters. The summed E-state index contributed by atoms with van der Waals surface area (Å²) < 4.78 is 5.44. The maximum Gasteiger partial charge on any atom is 0.217 e. The van der Waals surface area contributed by atoms with Gasteiger partial charge in [-0.15, -0.1) is 0 Å². The van der Waals surface area contributed by atoms with Gasteiger partial charge in [0.25, 0.3) is 0 Å². The van der Waals surface area contributed by atoms with Crippen molar-refractivity contribution in [3.05, 3.63) is 17.6 Å². The molecule has 0 aromatic carbocycles. The predicted molar refractivity (Wildman–Crippen MR) is 57.1 cm³/mol. The second-order valence-corrected chi connectivity index (χ2v) is 3.72. The van der Waals surface area contributed by atoms with Crippen LogP contribution < -0.4 is 4.74 Å².